The summed E-state index contributed by atoms with van der Waals surface area (Å²) < 4.78 is 22.9. The van der Waals surface area contributed by atoms with Crippen molar-refractivity contribution in [2.75, 3.05) is 11.4 Å². The van der Waals surface area contributed by atoms with Crippen LogP contribution in [-0.2, 0) is 13.8 Å². The lowest BCUT2D eigenvalue weighted by Crippen LogP contribution is -2.27. The van der Waals surface area contributed by atoms with Crippen molar-refractivity contribution < 1.29 is 13.2 Å². The molecular weight excluding hydrogens is 335 g/mol. The van der Waals surface area contributed by atoms with Crippen molar-refractivity contribution >= 4 is 53.8 Å². The van der Waals surface area contributed by atoms with Crippen LogP contribution in [0.4, 0.5) is 5.69 Å². The van der Waals surface area contributed by atoms with Gasteiger partial charge < -0.3 is 4.90 Å². The number of carbonyl (C=O) groups excluding carboxylic acids is 1. The molecule has 3 rings (SSSR count). The number of rotatable bonds is 2. The fraction of sp³-hybridized carbons (Fsp3) is 0.231. The van der Waals surface area contributed by atoms with E-state index in [1.807, 2.05) is 0 Å². The number of nitrogens with zero attached hydrogens (tertiary/aromatic N) is 2. The van der Waals surface area contributed by atoms with Crippen LogP contribution >= 0.6 is 22.3 Å². The van der Waals surface area contributed by atoms with Gasteiger partial charge in [-0.25, -0.2) is 8.42 Å². The zero-order valence-electron chi connectivity index (χ0n) is 10.7. The smallest absolute Gasteiger partial charge is 0.237 e. The van der Waals surface area contributed by atoms with E-state index in [1.54, 1.807) is 30.5 Å². The summed E-state index contributed by atoms with van der Waals surface area (Å²) in [4.78, 5) is 17.7. The van der Waals surface area contributed by atoms with Crippen molar-refractivity contribution in [1.82, 2.24) is 4.98 Å². The minimum Gasteiger partial charge on any atom is -0.309 e. The lowest BCUT2D eigenvalue weighted by molar-refractivity contribution is -0.117. The molecule has 1 saturated heterocycles. The number of pyridine rings is 1. The molecule has 1 aromatic carbocycles. The normalized spacial score (nSPS) is 19.4. The second-order valence-electron chi connectivity index (χ2n) is 4.77. The van der Waals surface area contributed by atoms with E-state index in [9.17, 15) is 13.2 Å². The fourth-order valence-electron chi connectivity index (χ4n) is 2.46. The number of hydrogen-bond acceptors (Lipinski definition) is 4. The lowest BCUT2D eigenvalue weighted by atomic mass is 10.1. The van der Waals surface area contributed by atoms with Gasteiger partial charge in [-0.1, -0.05) is 11.6 Å². The SMILES string of the molecule is O=C1CC(S(=O)(=O)Cl)CN1c1c(Cl)ccc2ncccc12. The van der Waals surface area contributed by atoms with E-state index in [1.165, 1.54) is 4.90 Å². The maximum Gasteiger partial charge on any atom is 0.237 e. The molecule has 0 spiro atoms. The van der Waals surface area contributed by atoms with Gasteiger partial charge in [0, 0.05) is 35.2 Å². The molecule has 0 radical (unpaired) electrons. The molecule has 1 amide bonds. The van der Waals surface area contributed by atoms with Crippen LogP contribution < -0.4 is 4.90 Å². The monoisotopic (exact) mass is 344 g/mol. The van der Waals surface area contributed by atoms with Gasteiger partial charge >= 0.3 is 0 Å². The summed E-state index contributed by atoms with van der Waals surface area (Å²) in [5.74, 6) is -0.317. The first kappa shape index (κ1) is 14.6. The molecule has 0 saturated carbocycles. The number of carbonyl (C=O) groups is 1. The minimum absolute atomic E-state index is 0.00159. The number of benzene rings is 1. The number of aromatic nitrogens is 1. The summed E-state index contributed by atoms with van der Waals surface area (Å²) in [7, 11) is 1.57. The van der Waals surface area contributed by atoms with Crippen LogP contribution in [0.5, 0.6) is 0 Å². The van der Waals surface area contributed by atoms with Crippen molar-refractivity contribution in [1.29, 1.82) is 0 Å². The number of fused-ring (bicyclic) bond motifs is 1. The zero-order valence-corrected chi connectivity index (χ0v) is 13.0. The molecule has 1 aliphatic rings. The molecule has 8 heteroatoms. The molecule has 1 atom stereocenters. The van der Waals surface area contributed by atoms with Gasteiger partial charge in [0.05, 0.1) is 16.2 Å². The molecule has 0 bridgehead atoms. The van der Waals surface area contributed by atoms with E-state index in [-0.39, 0.29) is 18.9 Å². The molecule has 0 N–H and O–H groups in total. The van der Waals surface area contributed by atoms with Crippen LogP contribution in [0.25, 0.3) is 10.9 Å². The molecule has 1 aromatic heterocycles. The Hall–Kier alpha value is -1.37. The van der Waals surface area contributed by atoms with Gasteiger partial charge in [0.25, 0.3) is 0 Å². The molecule has 110 valence electrons. The Morgan fingerprint density at radius 2 is 2.05 bits per heavy atom. The Morgan fingerprint density at radius 1 is 1.29 bits per heavy atom. The molecule has 5 nitrogen and oxygen atoms in total. The summed E-state index contributed by atoms with van der Waals surface area (Å²) in [6, 6.07) is 6.91. The Labute approximate surface area is 130 Å². The second-order valence-corrected chi connectivity index (χ2v) is 8.09. The molecule has 2 aromatic rings. The van der Waals surface area contributed by atoms with E-state index in [0.29, 0.717) is 21.6 Å². The highest BCUT2D eigenvalue weighted by Crippen LogP contribution is 2.37. The third-order valence-electron chi connectivity index (χ3n) is 3.47. The Kier molecular flexibility index (Phi) is 3.55. The maximum atomic E-state index is 12.2. The molecule has 1 aliphatic heterocycles. The van der Waals surface area contributed by atoms with Crippen molar-refractivity contribution in [3.8, 4) is 0 Å². The fourth-order valence-corrected chi connectivity index (χ4v) is 3.76. The van der Waals surface area contributed by atoms with E-state index in [4.69, 9.17) is 22.3 Å². The first-order valence-electron chi connectivity index (χ1n) is 6.15. The van der Waals surface area contributed by atoms with Crippen molar-refractivity contribution in [3.63, 3.8) is 0 Å². The summed E-state index contributed by atoms with van der Waals surface area (Å²) >= 11 is 6.21. The summed E-state index contributed by atoms with van der Waals surface area (Å²) in [6.07, 6.45) is 1.50. The van der Waals surface area contributed by atoms with Crippen LogP contribution in [0.2, 0.25) is 5.02 Å². The van der Waals surface area contributed by atoms with Gasteiger partial charge in [-0.2, -0.15) is 0 Å². The Bertz CT molecular complexity index is 838. The number of hydrogen-bond donors (Lipinski definition) is 0. The zero-order chi connectivity index (χ0) is 15.2. The quantitative estimate of drug-likeness (QED) is 0.785. The number of anilines is 1. The average Bonchev–Trinajstić information content (AvgIpc) is 2.80. The van der Waals surface area contributed by atoms with Gasteiger partial charge in [0.2, 0.25) is 15.0 Å². The largest absolute Gasteiger partial charge is 0.309 e. The Morgan fingerprint density at radius 3 is 2.71 bits per heavy atom. The first-order chi connectivity index (χ1) is 9.88. The minimum atomic E-state index is -3.79. The highest BCUT2D eigenvalue weighted by molar-refractivity contribution is 8.14. The molecule has 1 unspecified atom stereocenters. The summed E-state index contributed by atoms with van der Waals surface area (Å²) in [6.45, 7) is -0.00159. The van der Waals surface area contributed by atoms with E-state index in [0.717, 1.165) is 0 Å². The third kappa shape index (κ3) is 2.59. The van der Waals surface area contributed by atoms with Crippen molar-refractivity contribution in [3.05, 3.63) is 35.5 Å². The van der Waals surface area contributed by atoms with Gasteiger partial charge in [-0.3, -0.25) is 9.78 Å². The topological polar surface area (TPSA) is 67.3 Å². The predicted octanol–water partition coefficient (Wildman–Crippen LogP) is 2.56. The third-order valence-corrected chi connectivity index (χ3v) is 5.64. The molecule has 1 fully saturated rings. The van der Waals surface area contributed by atoms with Crippen LogP contribution in [-0.4, -0.2) is 31.1 Å². The number of amides is 1. The lowest BCUT2D eigenvalue weighted by Gasteiger charge is -2.19. The maximum absolute atomic E-state index is 12.2. The Balaban J connectivity index is 2.13. The van der Waals surface area contributed by atoms with Crippen LogP contribution in [0.1, 0.15) is 6.42 Å². The summed E-state index contributed by atoms with van der Waals surface area (Å²) in [5, 5.41) is 0.150. The van der Waals surface area contributed by atoms with Gasteiger partial charge in [0.1, 0.15) is 5.25 Å². The summed E-state index contributed by atoms with van der Waals surface area (Å²) in [5.41, 5.74) is 1.16. The van der Waals surface area contributed by atoms with Gasteiger partial charge in [-0.15, -0.1) is 0 Å². The van der Waals surface area contributed by atoms with E-state index >= 15 is 0 Å². The molecular formula is C13H10Cl2N2O3S. The molecule has 2 heterocycles. The molecule has 0 aliphatic carbocycles. The average molecular weight is 345 g/mol. The number of halogens is 2. The van der Waals surface area contributed by atoms with E-state index < -0.39 is 14.3 Å². The molecule has 21 heavy (non-hydrogen) atoms. The predicted molar refractivity (Wildman–Crippen MR) is 82.3 cm³/mol. The first-order valence-corrected chi connectivity index (χ1v) is 8.90. The standard InChI is InChI=1S/C13H10Cl2N2O3S/c14-10-3-4-11-9(2-1-5-16-11)13(10)17-7-8(6-12(17)18)21(15,19)20/h1-5,8H,6-7H2. The van der Waals surface area contributed by atoms with Crippen LogP contribution in [0.15, 0.2) is 30.5 Å². The van der Waals surface area contributed by atoms with Gasteiger partial charge in [0.15, 0.2) is 0 Å². The highest BCUT2D eigenvalue weighted by atomic mass is 35.7. The van der Waals surface area contributed by atoms with Crippen LogP contribution in [0.3, 0.4) is 0 Å². The van der Waals surface area contributed by atoms with Crippen molar-refractivity contribution in [2.24, 2.45) is 0 Å². The van der Waals surface area contributed by atoms with Gasteiger partial charge in [-0.05, 0) is 24.3 Å². The van der Waals surface area contributed by atoms with Crippen LogP contribution in [0, 0.1) is 0 Å². The van der Waals surface area contributed by atoms with E-state index in [2.05, 4.69) is 4.98 Å². The highest BCUT2D eigenvalue weighted by Gasteiger charge is 2.39. The second kappa shape index (κ2) is 5.12. The van der Waals surface area contributed by atoms with Crippen molar-refractivity contribution in [2.45, 2.75) is 11.7 Å².